The van der Waals surface area contributed by atoms with Gasteiger partial charge in [-0.05, 0) is 51.8 Å². The number of hydrogen-bond donors (Lipinski definition) is 1. The third kappa shape index (κ3) is 4.43. The summed E-state index contributed by atoms with van der Waals surface area (Å²) >= 11 is 0. The Labute approximate surface area is 147 Å². The number of pyridine rings is 1. The second-order valence-electron chi connectivity index (χ2n) is 6.36. The van der Waals surface area contributed by atoms with Crippen LogP contribution in [0.2, 0.25) is 0 Å². The van der Waals surface area contributed by atoms with E-state index >= 15 is 0 Å². The van der Waals surface area contributed by atoms with E-state index in [4.69, 9.17) is 4.74 Å². The number of aromatic nitrogens is 3. The topological polar surface area (TPSA) is 86.1 Å². The maximum absolute atomic E-state index is 12.2. The van der Waals surface area contributed by atoms with Crippen molar-refractivity contribution in [1.82, 2.24) is 20.1 Å². The molecule has 7 heteroatoms. The minimum absolute atomic E-state index is 0.324. The molecule has 0 aromatic carbocycles. The molecule has 0 radical (unpaired) electrons. The number of carbonyl (C=O) groups excluding carboxylic acids is 2. The van der Waals surface area contributed by atoms with Crippen molar-refractivity contribution in [3.63, 3.8) is 0 Å². The quantitative estimate of drug-likeness (QED) is 0.809. The van der Waals surface area contributed by atoms with Gasteiger partial charge < -0.3 is 10.1 Å². The lowest BCUT2D eigenvalue weighted by atomic mass is 10.1. The zero-order valence-electron chi connectivity index (χ0n) is 15.3. The van der Waals surface area contributed by atoms with Gasteiger partial charge in [-0.15, -0.1) is 0 Å². The standard InChI is InChI=1S/C18H24N4O3/c1-12-15(9-11-20-17(24)18(4,5)25-14(3)23)13(2)22(21-12)16-8-6-7-10-19-16/h6-8,10H,9,11H2,1-5H3,(H,20,24). The molecule has 0 unspecified atom stereocenters. The molecule has 0 bridgehead atoms. The van der Waals surface area contributed by atoms with Crippen LogP contribution < -0.4 is 5.32 Å². The third-order valence-corrected chi connectivity index (χ3v) is 3.91. The second kappa shape index (κ2) is 7.46. The van der Waals surface area contributed by atoms with Gasteiger partial charge in [-0.3, -0.25) is 9.59 Å². The highest BCUT2D eigenvalue weighted by atomic mass is 16.6. The van der Waals surface area contributed by atoms with E-state index in [1.165, 1.54) is 6.92 Å². The number of amides is 1. The number of hydrogen-bond acceptors (Lipinski definition) is 5. The first-order valence-electron chi connectivity index (χ1n) is 8.16. The van der Waals surface area contributed by atoms with Gasteiger partial charge >= 0.3 is 5.97 Å². The summed E-state index contributed by atoms with van der Waals surface area (Å²) in [4.78, 5) is 27.5. The molecule has 0 saturated carbocycles. The maximum atomic E-state index is 12.2. The van der Waals surface area contributed by atoms with E-state index < -0.39 is 11.6 Å². The van der Waals surface area contributed by atoms with Gasteiger partial charge in [0.1, 0.15) is 0 Å². The second-order valence-corrected chi connectivity index (χ2v) is 6.36. The van der Waals surface area contributed by atoms with E-state index in [0.717, 1.165) is 22.8 Å². The molecule has 0 atom stereocenters. The normalized spacial score (nSPS) is 11.2. The van der Waals surface area contributed by atoms with Gasteiger partial charge in [-0.2, -0.15) is 5.10 Å². The summed E-state index contributed by atoms with van der Waals surface area (Å²) in [6.07, 6.45) is 2.36. The summed E-state index contributed by atoms with van der Waals surface area (Å²) in [5.74, 6) is -0.0482. The summed E-state index contributed by atoms with van der Waals surface area (Å²) in [5.41, 5.74) is 1.77. The van der Waals surface area contributed by atoms with E-state index in [0.29, 0.717) is 13.0 Å². The highest BCUT2D eigenvalue weighted by molar-refractivity contribution is 5.86. The molecule has 0 fully saturated rings. The average Bonchev–Trinajstić information content (AvgIpc) is 2.82. The van der Waals surface area contributed by atoms with Crippen LogP contribution in [0.5, 0.6) is 0 Å². The first kappa shape index (κ1) is 18.6. The molecule has 0 saturated heterocycles. The van der Waals surface area contributed by atoms with Crippen LogP contribution in [0.15, 0.2) is 24.4 Å². The Morgan fingerprint density at radius 2 is 2.00 bits per heavy atom. The number of nitrogens with zero attached hydrogens (tertiary/aromatic N) is 3. The van der Waals surface area contributed by atoms with Gasteiger partial charge in [0, 0.05) is 25.4 Å². The average molecular weight is 344 g/mol. The predicted molar refractivity (Wildman–Crippen MR) is 93.4 cm³/mol. The summed E-state index contributed by atoms with van der Waals surface area (Å²) < 4.78 is 6.84. The lowest BCUT2D eigenvalue weighted by Gasteiger charge is -2.23. The van der Waals surface area contributed by atoms with Crippen molar-refractivity contribution in [3.8, 4) is 5.82 Å². The molecule has 2 aromatic rings. The minimum Gasteiger partial charge on any atom is -0.450 e. The summed E-state index contributed by atoms with van der Waals surface area (Å²) in [6, 6.07) is 5.67. The molecule has 2 aromatic heterocycles. The van der Waals surface area contributed by atoms with Crippen molar-refractivity contribution in [2.24, 2.45) is 0 Å². The van der Waals surface area contributed by atoms with Gasteiger partial charge in [0.05, 0.1) is 5.69 Å². The fourth-order valence-electron chi connectivity index (χ4n) is 2.66. The van der Waals surface area contributed by atoms with Crippen LogP contribution in [-0.4, -0.2) is 38.8 Å². The van der Waals surface area contributed by atoms with Crippen LogP contribution in [0, 0.1) is 13.8 Å². The first-order chi connectivity index (χ1) is 11.7. The molecule has 2 heterocycles. The van der Waals surface area contributed by atoms with Gasteiger partial charge in [-0.25, -0.2) is 9.67 Å². The molecular weight excluding hydrogens is 320 g/mol. The summed E-state index contributed by atoms with van der Waals surface area (Å²) in [7, 11) is 0. The first-order valence-corrected chi connectivity index (χ1v) is 8.16. The number of ether oxygens (including phenoxy) is 1. The number of nitrogens with one attached hydrogen (secondary N) is 1. The van der Waals surface area contributed by atoms with Gasteiger partial charge in [0.25, 0.3) is 5.91 Å². The largest absolute Gasteiger partial charge is 0.450 e. The lowest BCUT2D eigenvalue weighted by molar-refractivity contribution is -0.162. The van der Waals surface area contributed by atoms with Crippen molar-refractivity contribution in [1.29, 1.82) is 0 Å². The fourth-order valence-corrected chi connectivity index (χ4v) is 2.66. The van der Waals surface area contributed by atoms with Crippen LogP contribution in [0.4, 0.5) is 0 Å². The predicted octanol–water partition coefficient (Wildman–Crippen LogP) is 1.88. The molecule has 2 rings (SSSR count). The molecule has 134 valence electrons. The zero-order valence-corrected chi connectivity index (χ0v) is 15.3. The molecular formula is C18H24N4O3. The smallest absolute Gasteiger partial charge is 0.303 e. The van der Waals surface area contributed by atoms with Crippen LogP contribution in [0.25, 0.3) is 5.82 Å². The third-order valence-electron chi connectivity index (χ3n) is 3.91. The van der Waals surface area contributed by atoms with Crippen LogP contribution in [-0.2, 0) is 20.7 Å². The highest BCUT2D eigenvalue weighted by Gasteiger charge is 2.30. The van der Waals surface area contributed by atoms with Crippen molar-refractivity contribution in [2.75, 3.05) is 6.54 Å². The van der Waals surface area contributed by atoms with E-state index in [1.54, 1.807) is 24.7 Å². The van der Waals surface area contributed by atoms with E-state index in [1.807, 2.05) is 32.0 Å². The van der Waals surface area contributed by atoms with Crippen molar-refractivity contribution >= 4 is 11.9 Å². The lowest BCUT2D eigenvalue weighted by Crippen LogP contribution is -2.45. The SMILES string of the molecule is CC(=O)OC(C)(C)C(=O)NCCc1c(C)nn(-c2ccccn2)c1C. The Balaban J connectivity index is 2.04. The van der Waals surface area contributed by atoms with E-state index in [2.05, 4.69) is 15.4 Å². The zero-order chi connectivity index (χ0) is 18.6. The fraction of sp³-hybridized carbons (Fsp3) is 0.444. The minimum atomic E-state index is -1.19. The number of carbonyl (C=O) groups is 2. The number of rotatable bonds is 6. The Bertz CT molecular complexity index is 766. The molecule has 0 aliphatic carbocycles. The van der Waals surface area contributed by atoms with Crippen LogP contribution >= 0.6 is 0 Å². The van der Waals surface area contributed by atoms with E-state index in [-0.39, 0.29) is 5.91 Å². The van der Waals surface area contributed by atoms with Crippen molar-refractivity contribution < 1.29 is 14.3 Å². The van der Waals surface area contributed by atoms with Gasteiger partial charge in [0.2, 0.25) is 0 Å². The summed E-state index contributed by atoms with van der Waals surface area (Å²) in [5, 5.41) is 7.35. The Morgan fingerprint density at radius 3 is 2.60 bits per heavy atom. The Kier molecular flexibility index (Phi) is 5.56. The van der Waals surface area contributed by atoms with E-state index in [9.17, 15) is 9.59 Å². The molecule has 25 heavy (non-hydrogen) atoms. The van der Waals surface area contributed by atoms with Gasteiger partial charge in [0.15, 0.2) is 11.4 Å². The highest BCUT2D eigenvalue weighted by Crippen LogP contribution is 2.17. The van der Waals surface area contributed by atoms with Crippen molar-refractivity contribution in [2.45, 2.75) is 46.6 Å². The van der Waals surface area contributed by atoms with Crippen molar-refractivity contribution in [3.05, 3.63) is 41.3 Å². The maximum Gasteiger partial charge on any atom is 0.303 e. The molecule has 0 spiro atoms. The molecule has 1 amide bonds. The van der Waals surface area contributed by atoms with Gasteiger partial charge in [-0.1, -0.05) is 6.07 Å². The molecule has 7 nitrogen and oxygen atoms in total. The summed E-state index contributed by atoms with van der Waals surface area (Å²) in [6.45, 7) is 8.77. The monoisotopic (exact) mass is 344 g/mol. The molecule has 1 N–H and O–H groups in total. The van der Waals surface area contributed by atoms with Crippen LogP contribution in [0.3, 0.4) is 0 Å². The van der Waals surface area contributed by atoms with Crippen LogP contribution in [0.1, 0.15) is 37.7 Å². The Morgan fingerprint density at radius 1 is 1.28 bits per heavy atom. The number of esters is 1. The molecule has 0 aliphatic rings. The molecule has 0 aliphatic heterocycles. The Hall–Kier alpha value is -2.70. The number of aryl methyl sites for hydroxylation is 1.